The molecule has 0 radical (unpaired) electrons. The third-order valence-electron chi connectivity index (χ3n) is 6.58. The summed E-state index contributed by atoms with van der Waals surface area (Å²) < 4.78 is 11.7. The van der Waals surface area contributed by atoms with Crippen molar-refractivity contribution in [2.24, 2.45) is 11.8 Å². The van der Waals surface area contributed by atoms with E-state index in [0.29, 0.717) is 19.3 Å². The van der Waals surface area contributed by atoms with E-state index in [-0.39, 0.29) is 25.0 Å². The highest BCUT2D eigenvalue weighted by molar-refractivity contribution is 5.98. The van der Waals surface area contributed by atoms with Crippen molar-refractivity contribution >= 4 is 17.8 Å². The van der Waals surface area contributed by atoms with Crippen LogP contribution in [-0.4, -0.2) is 69.8 Å². The Bertz CT molecular complexity index is 700. The minimum atomic E-state index is -1.08. The van der Waals surface area contributed by atoms with Crippen LogP contribution in [0.1, 0.15) is 60.8 Å². The van der Waals surface area contributed by atoms with Crippen molar-refractivity contribution in [3.8, 4) is 0 Å². The largest absolute Gasteiger partial charge is 0.466 e. The normalized spacial score (nSPS) is 36.9. The summed E-state index contributed by atoms with van der Waals surface area (Å²) in [5, 5.41) is 12.9. The molecule has 3 aliphatic rings. The fraction of sp³-hybridized carbons (Fsp3) is 0.857. The molecule has 8 heteroatoms. The fourth-order valence-corrected chi connectivity index (χ4v) is 5.50. The number of carbonyl (C=O) groups is 3. The van der Waals surface area contributed by atoms with Crippen molar-refractivity contribution < 1.29 is 29.0 Å². The van der Waals surface area contributed by atoms with Crippen molar-refractivity contribution in [1.82, 2.24) is 10.2 Å². The van der Waals surface area contributed by atoms with Gasteiger partial charge in [-0.05, 0) is 53.9 Å². The summed E-state index contributed by atoms with van der Waals surface area (Å²) in [7, 11) is 0. The van der Waals surface area contributed by atoms with Crippen LogP contribution in [0.25, 0.3) is 0 Å². The first-order valence-electron chi connectivity index (χ1n) is 10.6. The van der Waals surface area contributed by atoms with E-state index in [1.165, 1.54) is 4.90 Å². The Balaban J connectivity index is 2.10. The van der Waals surface area contributed by atoms with E-state index < -0.39 is 46.6 Å². The zero-order chi connectivity index (χ0) is 21.8. The van der Waals surface area contributed by atoms with Crippen LogP contribution in [0.5, 0.6) is 0 Å². The smallest absolute Gasteiger partial charge is 0.312 e. The van der Waals surface area contributed by atoms with Gasteiger partial charge in [-0.1, -0.05) is 6.92 Å². The summed E-state index contributed by atoms with van der Waals surface area (Å²) in [6.07, 6.45) is 1.57. The molecule has 0 aromatic rings. The van der Waals surface area contributed by atoms with Crippen LogP contribution in [0.2, 0.25) is 0 Å². The van der Waals surface area contributed by atoms with E-state index in [4.69, 9.17) is 9.47 Å². The Morgan fingerprint density at radius 2 is 2.00 bits per heavy atom. The summed E-state index contributed by atoms with van der Waals surface area (Å²) in [6.45, 7) is 11.0. The lowest BCUT2D eigenvalue weighted by atomic mass is 9.66. The Labute approximate surface area is 172 Å². The van der Waals surface area contributed by atoms with Gasteiger partial charge in [0.2, 0.25) is 11.8 Å². The Morgan fingerprint density at radius 1 is 1.34 bits per heavy atom. The van der Waals surface area contributed by atoms with Crippen molar-refractivity contribution in [3.63, 3.8) is 0 Å². The minimum Gasteiger partial charge on any atom is -0.466 e. The third kappa shape index (κ3) is 3.24. The molecule has 2 bridgehead atoms. The van der Waals surface area contributed by atoms with Crippen molar-refractivity contribution in [3.05, 3.63) is 0 Å². The molecule has 0 aromatic heterocycles. The number of hydrogen-bond donors (Lipinski definition) is 2. The molecule has 164 valence electrons. The second-order valence-corrected chi connectivity index (χ2v) is 9.71. The number of fused-ring (bicyclic) bond motifs is 1. The number of rotatable bonds is 6. The molecular formula is C21H34N2O6. The van der Waals surface area contributed by atoms with Gasteiger partial charge in [0.15, 0.2) is 0 Å². The van der Waals surface area contributed by atoms with E-state index in [1.807, 2.05) is 34.6 Å². The molecule has 6 atom stereocenters. The van der Waals surface area contributed by atoms with E-state index >= 15 is 0 Å². The minimum absolute atomic E-state index is 0.213. The Hall–Kier alpha value is -1.67. The van der Waals surface area contributed by atoms with Gasteiger partial charge in [-0.25, -0.2) is 0 Å². The van der Waals surface area contributed by atoms with Crippen molar-refractivity contribution in [2.75, 3.05) is 13.2 Å². The maximum atomic E-state index is 13.6. The van der Waals surface area contributed by atoms with E-state index in [9.17, 15) is 19.5 Å². The summed E-state index contributed by atoms with van der Waals surface area (Å²) in [5.41, 5.74) is -2.41. The molecule has 3 heterocycles. The predicted molar refractivity (Wildman–Crippen MR) is 105 cm³/mol. The van der Waals surface area contributed by atoms with E-state index in [1.54, 1.807) is 6.92 Å². The second-order valence-electron chi connectivity index (χ2n) is 9.71. The number of nitrogens with one attached hydrogen (secondary N) is 1. The van der Waals surface area contributed by atoms with Crippen LogP contribution in [-0.2, 0) is 23.9 Å². The van der Waals surface area contributed by atoms with Crippen LogP contribution in [0.3, 0.4) is 0 Å². The molecule has 3 saturated heterocycles. The van der Waals surface area contributed by atoms with Gasteiger partial charge >= 0.3 is 5.97 Å². The first-order chi connectivity index (χ1) is 13.5. The molecule has 0 aliphatic carbocycles. The third-order valence-corrected chi connectivity index (χ3v) is 6.58. The highest BCUT2D eigenvalue weighted by Gasteiger charge is 2.78. The van der Waals surface area contributed by atoms with E-state index in [2.05, 4.69) is 5.32 Å². The molecule has 29 heavy (non-hydrogen) atoms. The number of hydrogen-bond acceptors (Lipinski definition) is 6. The monoisotopic (exact) mass is 410 g/mol. The topological polar surface area (TPSA) is 105 Å². The summed E-state index contributed by atoms with van der Waals surface area (Å²) in [4.78, 5) is 41.3. The van der Waals surface area contributed by atoms with Crippen LogP contribution < -0.4 is 5.32 Å². The highest BCUT2D eigenvalue weighted by Crippen LogP contribution is 2.63. The lowest BCUT2D eigenvalue weighted by Gasteiger charge is -2.38. The zero-order valence-corrected chi connectivity index (χ0v) is 18.3. The van der Waals surface area contributed by atoms with Crippen LogP contribution in [0.4, 0.5) is 0 Å². The second kappa shape index (κ2) is 7.23. The van der Waals surface area contributed by atoms with Crippen molar-refractivity contribution in [2.45, 2.75) is 89.6 Å². The number of esters is 1. The fourth-order valence-electron chi connectivity index (χ4n) is 5.50. The first kappa shape index (κ1) is 22.0. The average Bonchev–Trinajstić information content (AvgIpc) is 3.16. The standard InChI is InChI=1S/C21H34N2O6/c1-7-12(11-24)23-15(16(25)22-19(3,4)5)21-10-9-20(6,29-21)14(13(21)17(23)26)18(27)28-8-2/h12-15,24H,7-11H2,1-6H3,(H,22,25)/t12-,13-,14+,15?,20-,21?/m0/s1. The average molecular weight is 411 g/mol. The molecule has 2 amide bonds. The maximum Gasteiger partial charge on any atom is 0.312 e. The number of ether oxygens (including phenoxy) is 2. The van der Waals surface area contributed by atoms with Gasteiger partial charge in [0, 0.05) is 5.54 Å². The van der Waals surface area contributed by atoms with Gasteiger partial charge in [0.25, 0.3) is 0 Å². The van der Waals surface area contributed by atoms with Gasteiger partial charge in [-0.3, -0.25) is 14.4 Å². The molecule has 0 saturated carbocycles. The summed E-state index contributed by atoms with van der Waals surface area (Å²) in [6, 6.07) is -1.41. The zero-order valence-electron chi connectivity index (χ0n) is 18.3. The molecule has 1 spiro atoms. The summed E-state index contributed by atoms with van der Waals surface area (Å²) in [5.74, 6) is -2.61. The van der Waals surface area contributed by atoms with E-state index in [0.717, 1.165) is 0 Å². The molecule has 8 nitrogen and oxygen atoms in total. The quantitative estimate of drug-likeness (QED) is 0.633. The molecule has 3 aliphatic heterocycles. The predicted octanol–water partition coefficient (Wildman–Crippen LogP) is 1.000. The number of carbonyl (C=O) groups excluding carboxylic acids is 3. The lowest BCUT2D eigenvalue weighted by molar-refractivity contribution is -0.160. The number of nitrogens with zero attached hydrogens (tertiary/aromatic N) is 1. The molecule has 2 N–H and O–H groups in total. The molecule has 3 rings (SSSR count). The molecule has 3 fully saturated rings. The number of aliphatic hydroxyl groups is 1. The van der Waals surface area contributed by atoms with Gasteiger partial charge in [-0.2, -0.15) is 0 Å². The van der Waals surface area contributed by atoms with Gasteiger partial charge < -0.3 is 24.8 Å². The van der Waals surface area contributed by atoms with Gasteiger partial charge in [0.1, 0.15) is 17.6 Å². The van der Waals surface area contributed by atoms with Crippen LogP contribution >= 0.6 is 0 Å². The molecule has 0 aromatic carbocycles. The number of amides is 2. The van der Waals surface area contributed by atoms with Gasteiger partial charge in [0.05, 0.1) is 30.8 Å². The number of likely N-dealkylation sites (tertiary alicyclic amines) is 1. The maximum absolute atomic E-state index is 13.6. The highest BCUT2D eigenvalue weighted by atomic mass is 16.6. The van der Waals surface area contributed by atoms with Crippen LogP contribution in [0, 0.1) is 11.8 Å². The number of aliphatic hydroxyl groups excluding tert-OH is 1. The van der Waals surface area contributed by atoms with Crippen LogP contribution in [0.15, 0.2) is 0 Å². The Kier molecular flexibility index (Phi) is 5.49. The first-order valence-corrected chi connectivity index (χ1v) is 10.6. The van der Waals surface area contributed by atoms with Gasteiger partial charge in [-0.15, -0.1) is 0 Å². The molecular weight excluding hydrogens is 376 g/mol. The molecule has 2 unspecified atom stereocenters. The SMILES string of the molecule is CCOC(=O)[C@H]1[C@H]2C(=O)N([C@@H](CC)CO)C(C(=O)NC(C)(C)C)C23CC[C@]1(C)O3. The Morgan fingerprint density at radius 3 is 2.52 bits per heavy atom. The van der Waals surface area contributed by atoms with Crippen molar-refractivity contribution in [1.29, 1.82) is 0 Å². The lowest BCUT2D eigenvalue weighted by Crippen LogP contribution is -2.60. The summed E-state index contributed by atoms with van der Waals surface area (Å²) >= 11 is 0.